The summed E-state index contributed by atoms with van der Waals surface area (Å²) in [6.45, 7) is 3.99. The van der Waals surface area contributed by atoms with Crippen molar-refractivity contribution < 1.29 is 8.42 Å². The van der Waals surface area contributed by atoms with Gasteiger partial charge in [0.15, 0.2) is 5.82 Å². The molecule has 2 N–H and O–H groups in total. The van der Waals surface area contributed by atoms with Crippen LogP contribution < -0.4 is 10.0 Å². The number of hydrogen-bond acceptors (Lipinski definition) is 5. The maximum absolute atomic E-state index is 12.6. The van der Waals surface area contributed by atoms with Gasteiger partial charge in [-0.25, -0.2) is 8.42 Å². The third kappa shape index (κ3) is 3.84. The van der Waals surface area contributed by atoms with Crippen LogP contribution in [0.1, 0.15) is 37.8 Å². The maximum Gasteiger partial charge on any atom is 0.263 e. The molecule has 0 unspecified atom stereocenters. The average Bonchev–Trinajstić information content (AvgIpc) is 2.55. The van der Waals surface area contributed by atoms with E-state index in [4.69, 9.17) is 0 Å². The zero-order valence-corrected chi connectivity index (χ0v) is 14.7. The quantitative estimate of drug-likeness (QED) is 0.869. The highest BCUT2D eigenvalue weighted by molar-refractivity contribution is 7.92. The summed E-state index contributed by atoms with van der Waals surface area (Å²) in [4.78, 5) is 0.273. The molecule has 0 saturated heterocycles. The Labute approximate surface area is 142 Å². The number of rotatable bonds is 5. The number of anilines is 2. The highest BCUT2D eigenvalue weighted by Crippen LogP contribution is 2.25. The average molecular weight is 346 g/mol. The Morgan fingerprint density at radius 1 is 0.958 bits per heavy atom. The smallest absolute Gasteiger partial charge is 0.263 e. The van der Waals surface area contributed by atoms with E-state index >= 15 is 0 Å². The number of hydrogen-bond donors (Lipinski definition) is 2. The summed E-state index contributed by atoms with van der Waals surface area (Å²) in [6.07, 6.45) is 4.25. The van der Waals surface area contributed by atoms with Crippen molar-refractivity contribution in [1.82, 2.24) is 10.2 Å². The first kappa shape index (κ1) is 16.7. The Hall–Kier alpha value is -2.15. The topological polar surface area (TPSA) is 84.0 Å². The van der Waals surface area contributed by atoms with E-state index in [0.29, 0.717) is 5.82 Å². The number of benzene rings is 1. The Balaban J connectivity index is 1.78. The van der Waals surface area contributed by atoms with Gasteiger partial charge < -0.3 is 5.32 Å². The molecule has 1 heterocycles. The van der Waals surface area contributed by atoms with Crippen molar-refractivity contribution in [3.8, 4) is 0 Å². The lowest BCUT2D eigenvalue weighted by Gasteiger charge is -2.17. The molecule has 0 atom stereocenters. The lowest BCUT2D eigenvalue weighted by molar-refractivity contribution is 0.600. The fourth-order valence-electron chi connectivity index (χ4n) is 2.83. The normalized spacial score (nSPS) is 14.3. The molecule has 0 spiro atoms. The van der Waals surface area contributed by atoms with Crippen LogP contribution >= 0.6 is 0 Å². The molecule has 24 heavy (non-hydrogen) atoms. The second-order valence-corrected chi connectivity index (χ2v) is 8.03. The van der Waals surface area contributed by atoms with Gasteiger partial charge in [-0.15, -0.1) is 10.2 Å². The first-order valence-corrected chi connectivity index (χ1v) is 9.67. The second-order valence-electron chi connectivity index (χ2n) is 6.35. The number of nitrogens with one attached hydrogen (secondary N) is 2. The predicted molar refractivity (Wildman–Crippen MR) is 94.7 cm³/mol. The van der Waals surface area contributed by atoms with E-state index in [-0.39, 0.29) is 16.8 Å². The molecule has 1 aromatic heterocycles. The molecular formula is C17H22N4O2S. The van der Waals surface area contributed by atoms with Gasteiger partial charge in [0.05, 0.1) is 4.90 Å². The molecule has 7 heteroatoms. The van der Waals surface area contributed by atoms with E-state index in [1.54, 1.807) is 24.3 Å². The van der Waals surface area contributed by atoms with Crippen molar-refractivity contribution in [2.24, 2.45) is 0 Å². The largest absolute Gasteiger partial charge is 0.366 e. The number of fused-ring (bicyclic) bond motifs is 1. The molecule has 1 aromatic carbocycles. The lowest BCUT2D eigenvalue weighted by Crippen LogP contribution is -2.16. The van der Waals surface area contributed by atoms with Gasteiger partial charge in [0.1, 0.15) is 5.82 Å². The molecule has 3 rings (SSSR count). The van der Waals surface area contributed by atoms with Crippen LogP contribution in [0.3, 0.4) is 0 Å². The van der Waals surface area contributed by atoms with E-state index in [0.717, 1.165) is 24.8 Å². The van der Waals surface area contributed by atoms with Gasteiger partial charge in [-0.1, -0.05) is 6.07 Å². The van der Waals surface area contributed by atoms with Crippen LogP contribution in [0.25, 0.3) is 0 Å². The summed E-state index contributed by atoms with van der Waals surface area (Å²) >= 11 is 0. The fourth-order valence-corrected chi connectivity index (χ4v) is 3.88. The van der Waals surface area contributed by atoms with Crippen molar-refractivity contribution in [3.63, 3.8) is 0 Å². The van der Waals surface area contributed by atoms with Gasteiger partial charge in [0, 0.05) is 6.04 Å². The minimum absolute atomic E-state index is 0.210. The highest BCUT2D eigenvalue weighted by atomic mass is 32.2. The van der Waals surface area contributed by atoms with Crippen LogP contribution in [-0.2, 0) is 22.9 Å². The Kier molecular flexibility index (Phi) is 4.71. The molecule has 0 radical (unpaired) electrons. The standard InChI is InChI=1S/C17H22N4O2S/c1-12(2)18-16-9-10-17(20-19-16)21-24(22,23)15-8-7-13-5-3-4-6-14(13)11-15/h7-12H,3-6H2,1-2H3,(H,18,19)(H,20,21). The molecule has 6 nitrogen and oxygen atoms in total. The second kappa shape index (κ2) is 6.76. The monoisotopic (exact) mass is 346 g/mol. The van der Waals surface area contributed by atoms with E-state index in [9.17, 15) is 8.42 Å². The molecule has 0 bridgehead atoms. The van der Waals surface area contributed by atoms with Crippen LogP contribution in [0.15, 0.2) is 35.2 Å². The van der Waals surface area contributed by atoms with Crippen molar-refractivity contribution in [2.45, 2.75) is 50.5 Å². The zero-order chi connectivity index (χ0) is 17.2. The van der Waals surface area contributed by atoms with Crippen LogP contribution in [0.5, 0.6) is 0 Å². The van der Waals surface area contributed by atoms with E-state index in [1.807, 2.05) is 19.9 Å². The molecule has 0 fully saturated rings. The van der Waals surface area contributed by atoms with Crippen molar-refractivity contribution >= 4 is 21.7 Å². The highest BCUT2D eigenvalue weighted by Gasteiger charge is 2.18. The molecule has 0 saturated carbocycles. The van der Waals surface area contributed by atoms with Gasteiger partial charge in [0.25, 0.3) is 10.0 Å². The number of aromatic nitrogens is 2. The maximum atomic E-state index is 12.6. The van der Waals surface area contributed by atoms with E-state index < -0.39 is 10.0 Å². The van der Waals surface area contributed by atoms with Crippen molar-refractivity contribution in [2.75, 3.05) is 10.0 Å². The Morgan fingerprint density at radius 2 is 1.62 bits per heavy atom. The van der Waals surface area contributed by atoms with Crippen LogP contribution in [0.4, 0.5) is 11.6 Å². The molecule has 128 valence electrons. The minimum atomic E-state index is -3.66. The lowest BCUT2D eigenvalue weighted by atomic mass is 9.92. The van der Waals surface area contributed by atoms with Crippen molar-refractivity contribution in [1.29, 1.82) is 0 Å². The van der Waals surface area contributed by atoms with Gasteiger partial charge in [0.2, 0.25) is 0 Å². The van der Waals surface area contributed by atoms with E-state index in [1.165, 1.54) is 12.0 Å². The predicted octanol–water partition coefficient (Wildman–Crippen LogP) is 2.98. The summed E-state index contributed by atoms with van der Waals surface area (Å²) in [5.74, 6) is 0.823. The summed E-state index contributed by atoms with van der Waals surface area (Å²) < 4.78 is 27.6. The molecule has 2 aromatic rings. The third-order valence-electron chi connectivity index (χ3n) is 3.97. The first-order valence-electron chi connectivity index (χ1n) is 8.19. The van der Waals surface area contributed by atoms with E-state index in [2.05, 4.69) is 20.2 Å². The third-order valence-corrected chi connectivity index (χ3v) is 5.32. The van der Waals surface area contributed by atoms with Crippen LogP contribution in [-0.4, -0.2) is 24.7 Å². The Morgan fingerprint density at radius 3 is 2.29 bits per heavy atom. The SMILES string of the molecule is CC(C)Nc1ccc(NS(=O)(=O)c2ccc3c(c2)CCCC3)nn1. The van der Waals surface area contributed by atoms with Crippen molar-refractivity contribution in [3.05, 3.63) is 41.5 Å². The zero-order valence-electron chi connectivity index (χ0n) is 13.9. The summed E-state index contributed by atoms with van der Waals surface area (Å²) in [6, 6.07) is 8.90. The molecular weight excluding hydrogens is 324 g/mol. The Bertz CT molecular complexity index is 817. The van der Waals surface area contributed by atoms with Gasteiger partial charge in [-0.3, -0.25) is 4.72 Å². The molecule has 1 aliphatic carbocycles. The van der Waals surface area contributed by atoms with Gasteiger partial charge >= 0.3 is 0 Å². The number of sulfonamides is 1. The summed E-state index contributed by atoms with van der Waals surface area (Å²) in [5.41, 5.74) is 2.38. The van der Waals surface area contributed by atoms with Gasteiger partial charge in [-0.2, -0.15) is 0 Å². The fraction of sp³-hybridized carbons (Fsp3) is 0.412. The van der Waals surface area contributed by atoms with Crippen LogP contribution in [0.2, 0.25) is 0 Å². The number of aryl methyl sites for hydroxylation is 2. The first-order chi connectivity index (χ1) is 11.4. The summed E-state index contributed by atoms with van der Waals surface area (Å²) in [5, 5.41) is 11.0. The number of nitrogens with zero attached hydrogens (tertiary/aromatic N) is 2. The molecule has 1 aliphatic rings. The molecule has 0 amide bonds. The van der Waals surface area contributed by atoms with Crippen LogP contribution in [0, 0.1) is 0 Å². The van der Waals surface area contributed by atoms with Gasteiger partial charge in [-0.05, 0) is 74.9 Å². The molecule has 0 aliphatic heterocycles. The summed E-state index contributed by atoms with van der Waals surface area (Å²) in [7, 11) is -3.66. The minimum Gasteiger partial charge on any atom is -0.366 e.